The van der Waals surface area contributed by atoms with Crippen LogP contribution in [0.4, 0.5) is 0 Å². The van der Waals surface area contributed by atoms with Crippen LogP contribution in [0.2, 0.25) is 0 Å². The normalized spacial score (nSPS) is 32.8. The van der Waals surface area contributed by atoms with Gasteiger partial charge in [0, 0.05) is 25.8 Å². The molecule has 8 nitrogen and oxygen atoms in total. The third kappa shape index (κ3) is 3.26. The summed E-state index contributed by atoms with van der Waals surface area (Å²) in [7, 11) is 1.78. The van der Waals surface area contributed by atoms with E-state index in [0.29, 0.717) is 19.6 Å². The Morgan fingerprint density at radius 2 is 2.13 bits per heavy atom. The predicted molar refractivity (Wildman–Crippen MR) is 110 cm³/mol. The number of aromatic amines is 1. The van der Waals surface area contributed by atoms with Crippen LogP contribution in [0, 0.1) is 18.8 Å². The van der Waals surface area contributed by atoms with Gasteiger partial charge in [-0.05, 0) is 38.9 Å². The molecule has 3 fully saturated rings. The number of likely N-dealkylation sites (tertiary alicyclic amines) is 2. The van der Waals surface area contributed by atoms with Crippen molar-refractivity contribution in [2.45, 2.75) is 44.4 Å². The predicted octanol–water partition coefficient (Wildman–Crippen LogP) is 0.944. The molecule has 5 rings (SSSR count). The van der Waals surface area contributed by atoms with Gasteiger partial charge < -0.3 is 19.4 Å². The van der Waals surface area contributed by atoms with Crippen molar-refractivity contribution in [3.8, 4) is 0 Å². The molecule has 4 aliphatic heterocycles. The van der Waals surface area contributed by atoms with Crippen molar-refractivity contribution in [2.24, 2.45) is 11.8 Å². The smallest absolute Gasteiger partial charge is 0.230 e. The highest BCUT2D eigenvalue weighted by Gasteiger charge is 2.67. The van der Waals surface area contributed by atoms with Gasteiger partial charge in [-0.3, -0.25) is 14.7 Å². The number of carbonyl (C=O) groups is 2. The molecule has 4 atom stereocenters. The van der Waals surface area contributed by atoms with E-state index in [4.69, 9.17) is 4.74 Å². The van der Waals surface area contributed by atoms with Crippen molar-refractivity contribution in [2.75, 3.05) is 39.8 Å². The van der Waals surface area contributed by atoms with E-state index in [2.05, 4.69) is 15.1 Å². The zero-order chi connectivity index (χ0) is 20.9. The second-order valence-corrected chi connectivity index (χ2v) is 9.30. The standard InChI is InChI=1S/C22H31N5O3/c1-15-12-16(24-23-15)13-25(2)20(28)18-17-6-7-22(30-17)14-27(21(29)19(18)22)11-10-26-8-4-3-5-9-26/h6-7,12,17-19H,3-5,8-11,13-14H2,1-2H3,(H,23,24)/t17-,18+,19+,22-/m0/s1. The summed E-state index contributed by atoms with van der Waals surface area (Å²) in [6.45, 7) is 6.76. The molecule has 162 valence electrons. The van der Waals surface area contributed by atoms with Crippen molar-refractivity contribution < 1.29 is 14.3 Å². The maximum absolute atomic E-state index is 13.3. The van der Waals surface area contributed by atoms with Gasteiger partial charge in [0.05, 0.1) is 36.7 Å². The largest absolute Gasteiger partial charge is 0.360 e. The average molecular weight is 414 g/mol. The van der Waals surface area contributed by atoms with Crippen molar-refractivity contribution in [3.63, 3.8) is 0 Å². The number of fused-ring (bicyclic) bond motifs is 1. The quantitative estimate of drug-likeness (QED) is 0.702. The van der Waals surface area contributed by atoms with Crippen molar-refractivity contribution in [1.82, 2.24) is 24.9 Å². The van der Waals surface area contributed by atoms with E-state index in [-0.39, 0.29) is 17.9 Å². The van der Waals surface area contributed by atoms with Crippen molar-refractivity contribution >= 4 is 11.8 Å². The minimum absolute atomic E-state index is 0.0388. The van der Waals surface area contributed by atoms with Crippen LogP contribution in [0.15, 0.2) is 18.2 Å². The molecule has 3 saturated heterocycles. The summed E-state index contributed by atoms with van der Waals surface area (Å²) in [6, 6.07) is 1.94. The number of rotatable bonds is 6. The molecule has 2 bridgehead atoms. The molecule has 5 heterocycles. The number of ether oxygens (including phenoxy) is 1. The Morgan fingerprint density at radius 1 is 1.33 bits per heavy atom. The highest BCUT2D eigenvalue weighted by molar-refractivity contribution is 5.93. The van der Waals surface area contributed by atoms with Gasteiger partial charge in [0.15, 0.2) is 0 Å². The van der Waals surface area contributed by atoms with Gasteiger partial charge in [-0.25, -0.2) is 0 Å². The highest BCUT2D eigenvalue weighted by Crippen LogP contribution is 2.52. The molecule has 0 aliphatic carbocycles. The van der Waals surface area contributed by atoms with Gasteiger partial charge in [-0.2, -0.15) is 5.10 Å². The third-order valence-electron chi connectivity index (χ3n) is 7.13. The molecule has 30 heavy (non-hydrogen) atoms. The SMILES string of the molecule is Cc1cc(CN(C)C(=O)[C@@H]2[C@@H]3C=C[C@@]4(CN(CCN5CCCCC5)C(=O)[C@@H]24)O3)n[nH]1. The molecule has 1 N–H and O–H groups in total. The lowest BCUT2D eigenvalue weighted by atomic mass is 9.76. The van der Waals surface area contributed by atoms with E-state index in [1.54, 1.807) is 11.9 Å². The van der Waals surface area contributed by atoms with Crippen LogP contribution in [-0.2, 0) is 20.9 Å². The Morgan fingerprint density at radius 3 is 2.87 bits per heavy atom. The third-order valence-corrected chi connectivity index (χ3v) is 7.13. The van der Waals surface area contributed by atoms with E-state index < -0.39 is 17.4 Å². The molecule has 2 amide bonds. The Labute approximate surface area is 177 Å². The molecular formula is C22H31N5O3. The molecule has 0 radical (unpaired) electrons. The fourth-order valence-electron chi connectivity index (χ4n) is 5.63. The van der Waals surface area contributed by atoms with Gasteiger partial charge in [0.25, 0.3) is 0 Å². The highest BCUT2D eigenvalue weighted by atomic mass is 16.5. The molecule has 1 spiro atoms. The zero-order valence-electron chi connectivity index (χ0n) is 17.8. The summed E-state index contributed by atoms with van der Waals surface area (Å²) in [5.41, 5.74) is 1.15. The van der Waals surface area contributed by atoms with Gasteiger partial charge in [-0.15, -0.1) is 0 Å². The molecule has 4 aliphatic rings. The molecule has 0 aromatic carbocycles. The minimum Gasteiger partial charge on any atom is -0.360 e. The summed E-state index contributed by atoms with van der Waals surface area (Å²) >= 11 is 0. The lowest BCUT2D eigenvalue weighted by Gasteiger charge is -2.29. The first-order chi connectivity index (χ1) is 14.5. The summed E-state index contributed by atoms with van der Waals surface area (Å²) in [4.78, 5) is 32.7. The van der Waals surface area contributed by atoms with Crippen LogP contribution in [-0.4, -0.2) is 88.2 Å². The molecule has 8 heteroatoms. The number of piperidine rings is 1. The first kappa shape index (κ1) is 19.8. The second kappa shape index (κ2) is 7.50. The first-order valence-corrected chi connectivity index (χ1v) is 11.1. The number of hydrogen-bond donors (Lipinski definition) is 1. The lowest BCUT2D eigenvalue weighted by Crippen LogP contribution is -2.45. The number of nitrogens with one attached hydrogen (secondary N) is 1. The number of hydrogen-bond acceptors (Lipinski definition) is 5. The summed E-state index contributed by atoms with van der Waals surface area (Å²) in [5.74, 6) is -0.832. The molecular weight excluding hydrogens is 382 g/mol. The fourth-order valence-corrected chi connectivity index (χ4v) is 5.63. The maximum Gasteiger partial charge on any atom is 0.230 e. The Balaban J connectivity index is 1.27. The van der Waals surface area contributed by atoms with Crippen molar-refractivity contribution in [1.29, 1.82) is 0 Å². The maximum atomic E-state index is 13.3. The van der Waals surface area contributed by atoms with Gasteiger partial charge in [0.1, 0.15) is 5.60 Å². The van der Waals surface area contributed by atoms with E-state index in [9.17, 15) is 9.59 Å². The first-order valence-electron chi connectivity index (χ1n) is 11.1. The lowest BCUT2D eigenvalue weighted by molar-refractivity contribution is -0.142. The van der Waals surface area contributed by atoms with E-state index in [1.165, 1.54) is 19.3 Å². The molecule has 0 saturated carbocycles. The molecule has 1 aromatic rings. The monoisotopic (exact) mass is 413 g/mol. The summed E-state index contributed by atoms with van der Waals surface area (Å²) in [5, 5.41) is 7.14. The van der Waals surface area contributed by atoms with Crippen LogP contribution >= 0.6 is 0 Å². The number of aryl methyl sites for hydroxylation is 1. The van der Waals surface area contributed by atoms with Crippen LogP contribution < -0.4 is 0 Å². The average Bonchev–Trinajstić information content (AvgIpc) is 3.48. The van der Waals surface area contributed by atoms with Crippen molar-refractivity contribution in [3.05, 3.63) is 29.6 Å². The number of H-pyrrole nitrogens is 1. The summed E-state index contributed by atoms with van der Waals surface area (Å²) < 4.78 is 6.26. The summed E-state index contributed by atoms with van der Waals surface area (Å²) in [6.07, 6.45) is 7.49. The molecule has 0 unspecified atom stereocenters. The van der Waals surface area contributed by atoms with Crippen LogP contribution in [0.1, 0.15) is 30.7 Å². The van der Waals surface area contributed by atoms with Crippen LogP contribution in [0.3, 0.4) is 0 Å². The second-order valence-electron chi connectivity index (χ2n) is 9.30. The number of aromatic nitrogens is 2. The van der Waals surface area contributed by atoms with Crippen LogP contribution in [0.5, 0.6) is 0 Å². The number of carbonyl (C=O) groups excluding carboxylic acids is 2. The molecule has 1 aromatic heterocycles. The Hall–Kier alpha value is -2.19. The van der Waals surface area contributed by atoms with Crippen LogP contribution in [0.25, 0.3) is 0 Å². The number of nitrogens with zero attached hydrogens (tertiary/aromatic N) is 4. The minimum atomic E-state index is -0.631. The van der Waals surface area contributed by atoms with E-state index in [1.807, 2.05) is 30.0 Å². The topological polar surface area (TPSA) is 81.8 Å². The van der Waals surface area contributed by atoms with E-state index >= 15 is 0 Å². The van der Waals surface area contributed by atoms with Gasteiger partial charge >= 0.3 is 0 Å². The van der Waals surface area contributed by atoms with Gasteiger partial charge in [-0.1, -0.05) is 18.6 Å². The van der Waals surface area contributed by atoms with E-state index in [0.717, 1.165) is 31.0 Å². The van der Waals surface area contributed by atoms with Gasteiger partial charge in [0.2, 0.25) is 11.8 Å². The Kier molecular flexibility index (Phi) is 4.94. The zero-order valence-corrected chi connectivity index (χ0v) is 17.8. The Bertz CT molecular complexity index is 861. The fraction of sp³-hybridized carbons (Fsp3) is 0.682. The number of amides is 2.